The largest absolute Gasteiger partial charge is 0.371 e. The minimum absolute atomic E-state index is 0.334. The number of halogens is 2. The van der Waals surface area contributed by atoms with Gasteiger partial charge in [-0.15, -0.1) is 0 Å². The third kappa shape index (κ3) is 2.45. The second-order valence-corrected chi connectivity index (χ2v) is 5.60. The first-order valence-corrected chi connectivity index (χ1v) is 6.91. The van der Waals surface area contributed by atoms with Crippen LogP contribution in [0.5, 0.6) is 0 Å². The van der Waals surface area contributed by atoms with E-state index in [0.29, 0.717) is 23.3 Å². The van der Waals surface area contributed by atoms with Crippen LogP contribution in [-0.2, 0) is 9.47 Å². The molecule has 1 aromatic rings. The van der Waals surface area contributed by atoms with E-state index in [1.807, 2.05) is 12.1 Å². The lowest BCUT2D eigenvalue weighted by Crippen LogP contribution is -2.45. The van der Waals surface area contributed by atoms with Crippen molar-refractivity contribution >= 4 is 28.9 Å². The fraction of sp³-hybridized carbons (Fsp3) is 0.538. The summed E-state index contributed by atoms with van der Waals surface area (Å²) in [5.41, 5.74) is 1.07. The Bertz CT molecular complexity index is 416. The molecule has 3 nitrogen and oxygen atoms in total. The molecule has 2 aliphatic heterocycles. The number of ether oxygens (including phenoxy) is 2. The average Bonchev–Trinajstić information content (AvgIpc) is 2.77. The maximum atomic E-state index is 6.03. The molecule has 0 aliphatic carbocycles. The Hall–Kier alpha value is -0.480. The smallest absolute Gasteiger partial charge is 0.171 e. The van der Waals surface area contributed by atoms with Crippen LogP contribution in [0.25, 0.3) is 0 Å². The van der Waals surface area contributed by atoms with Crippen LogP contribution >= 0.6 is 23.2 Å². The lowest BCUT2D eigenvalue weighted by Gasteiger charge is -2.38. The summed E-state index contributed by atoms with van der Waals surface area (Å²) in [6.45, 7) is 3.22. The van der Waals surface area contributed by atoms with E-state index >= 15 is 0 Å². The summed E-state index contributed by atoms with van der Waals surface area (Å²) in [6.07, 6.45) is 1.77. The van der Waals surface area contributed by atoms with Crippen LogP contribution in [-0.4, -0.2) is 32.1 Å². The summed E-state index contributed by atoms with van der Waals surface area (Å²) in [5.74, 6) is -0.334. The van der Waals surface area contributed by atoms with Gasteiger partial charge in [-0.3, -0.25) is 0 Å². The molecule has 0 aromatic heterocycles. The van der Waals surface area contributed by atoms with Crippen molar-refractivity contribution in [3.05, 3.63) is 28.2 Å². The summed E-state index contributed by atoms with van der Waals surface area (Å²) in [5, 5.41) is 1.34. The SMILES string of the molecule is Clc1cc(Cl)cc(N2CCC3(CC2)OCCO3)c1. The van der Waals surface area contributed by atoms with Crippen molar-refractivity contribution in [2.45, 2.75) is 18.6 Å². The first-order valence-electron chi connectivity index (χ1n) is 6.16. The Kier molecular flexibility index (Phi) is 3.41. The number of hydrogen-bond donors (Lipinski definition) is 0. The fourth-order valence-electron chi connectivity index (χ4n) is 2.61. The zero-order chi connectivity index (χ0) is 12.6. The first-order chi connectivity index (χ1) is 8.67. The molecule has 18 heavy (non-hydrogen) atoms. The molecule has 1 aromatic carbocycles. The normalized spacial score (nSPS) is 22.7. The van der Waals surface area contributed by atoms with E-state index in [4.69, 9.17) is 32.7 Å². The molecule has 1 spiro atoms. The van der Waals surface area contributed by atoms with Crippen LogP contribution in [0.2, 0.25) is 10.0 Å². The highest BCUT2D eigenvalue weighted by Gasteiger charge is 2.39. The van der Waals surface area contributed by atoms with Crippen LogP contribution < -0.4 is 4.90 Å². The van der Waals surface area contributed by atoms with Gasteiger partial charge >= 0.3 is 0 Å². The molecule has 0 saturated carbocycles. The Balaban J connectivity index is 1.72. The van der Waals surface area contributed by atoms with Gasteiger partial charge in [0.1, 0.15) is 0 Å². The second kappa shape index (κ2) is 4.89. The summed E-state index contributed by atoms with van der Waals surface area (Å²) in [6, 6.07) is 5.64. The van der Waals surface area contributed by atoms with E-state index in [1.165, 1.54) is 0 Å². The van der Waals surface area contributed by atoms with Crippen molar-refractivity contribution in [2.75, 3.05) is 31.2 Å². The van der Waals surface area contributed by atoms with E-state index < -0.39 is 0 Å². The van der Waals surface area contributed by atoms with Crippen molar-refractivity contribution in [1.82, 2.24) is 0 Å². The van der Waals surface area contributed by atoms with Crippen LogP contribution in [0.4, 0.5) is 5.69 Å². The van der Waals surface area contributed by atoms with Crippen molar-refractivity contribution in [1.29, 1.82) is 0 Å². The van der Waals surface area contributed by atoms with Gasteiger partial charge in [0, 0.05) is 41.7 Å². The van der Waals surface area contributed by atoms with Gasteiger partial charge in [-0.1, -0.05) is 23.2 Å². The highest BCUT2D eigenvalue weighted by molar-refractivity contribution is 6.35. The topological polar surface area (TPSA) is 21.7 Å². The van der Waals surface area contributed by atoms with E-state index in [9.17, 15) is 0 Å². The molecule has 3 rings (SSSR count). The molecule has 2 heterocycles. The molecule has 0 radical (unpaired) electrons. The molecule has 2 fully saturated rings. The van der Waals surface area contributed by atoms with Gasteiger partial charge in [0.15, 0.2) is 5.79 Å². The van der Waals surface area contributed by atoms with Gasteiger partial charge in [-0.25, -0.2) is 0 Å². The van der Waals surface area contributed by atoms with Gasteiger partial charge in [0.25, 0.3) is 0 Å². The first kappa shape index (κ1) is 12.5. The third-order valence-corrected chi connectivity index (χ3v) is 3.99. The van der Waals surface area contributed by atoms with Gasteiger partial charge in [0.2, 0.25) is 0 Å². The van der Waals surface area contributed by atoms with Crippen molar-refractivity contribution in [3.63, 3.8) is 0 Å². The maximum absolute atomic E-state index is 6.03. The van der Waals surface area contributed by atoms with Gasteiger partial charge in [-0.05, 0) is 18.2 Å². The summed E-state index contributed by atoms with van der Waals surface area (Å²) in [7, 11) is 0. The number of rotatable bonds is 1. The monoisotopic (exact) mass is 287 g/mol. The standard InChI is InChI=1S/C13H15Cl2NO2/c14-10-7-11(15)9-12(8-10)16-3-1-13(2-4-16)17-5-6-18-13/h7-9H,1-6H2. The summed E-state index contributed by atoms with van der Waals surface area (Å²) >= 11 is 12.1. The van der Waals surface area contributed by atoms with Crippen molar-refractivity contribution in [2.24, 2.45) is 0 Å². The number of hydrogen-bond acceptors (Lipinski definition) is 3. The molecule has 0 unspecified atom stereocenters. The van der Waals surface area contributed by atoms with Crippen molar-refractivity contribution in [3.8, 4) is 0 Å². The van der Waals surface area contributed by atoms with Gasteiger partial charge < -0.3 is 14.4 Å². The molecule has 0 amide bonds. The Morgan fingerprint density at radius 3 is 2.06 bits per heavy atom. The average molecular weight is 288 g/mol. The maximum Gasteiger partial charge on any atom is 0.171 e. The predicted octanol–water partition coefficient (Wildman–Crippen LogP) is 3.34. The number of benzene rings is 1. The van der Waals surface area contributed by atoms with E-state index in [-0.39, 0.29) is 5.79 Å². The Morgan fingerprint density at radius 2 is 1.50 bits per heavy atom. The van der Waals surface area contributed by atoms with Gasteiger partial charge in [0.05, 0.1) is 13.2 Å². The molecule has 2 aliphatic rings. The lowest BCUT2D eigenvalue weighted by molar-refractivity contribution is -0.169. The molecule has 5 heteroatoms. The fourth-order valence-corrected chi connectivity index (χ4v) is 3.13. The minimum Gasteiger partial charge on any atom is -0.371 e. The summed E-state index contributed by atoms with van der Waals surface area (Å²) < 4.78 is 11.4. The van der Waals surface area contributed by atoms with E-state index in [0.717, 1.165) is 31.6 Å². The Labute approximate surface area is 117 Å². The predicted molar refractivity (Wildman–Crippen MR) is 72.5 cm³/mol. The summed E-state index contributed by atoms with van der Waals surface area (Å²) in [4.78, 5) is 2.27. The lowest BCUT2D eigenvalue weighted by atomic mass is 10.0. The Morgan fingerprint density at radius 1 is 0.944 bits per heavy atom. The highest BCUT2D eigenvalue weighted by Crippen LogP contribution is 2.34. The third-order valence-electron chi connectivity index (χ3n) is 3.55. The quantitative estimate of drug-likeness (QED) is 0.791. The van der Waals surface area contributed by atoms with Gasteiger partial charge in [-0.2, -0.15) is 0 Å². The van der Waals surface area contributed by atoms with E-state index in [2.05, 4.69) is 4.90 Å². The molecular formula is C13H15Cl2NO2. The number of nitrogens with zero attached hydrogens (tertiary/aromatic N) is 1. The van der Waals surface area contributed by atoms with Crippen LogP contribution in [0.15, 0.2) is 18.2 Å². The van der Waals surface area contributed by atoms with Crippen LogP contribution in [0.1, 0.15) is 12.8 Å². The zero-order valence-electron chi connectivity index (χ0n) is 9.99. The molecule has 0 atom stereocenters. The highest BCUT2D eigenvalue weighted by atomic mass is 35.5. The zero-order valence-corrected chi connectivity index (χ0v) is 11.5. The molecule has 98 valence electrons. The van der Waals surface area contributed by atoms with E-state index in [1.54, 1.807) is 6.07 Å². The second-order valence-electron chi connectivity index (χ2n) is 4.72. The minimum atomic E-state index is -0.334. The molecule has 0 bridgehead atoms. The van der Waals surface area contributed by atoms with Crippen LogP contribution in [0.3, 0.4) is 0 Å². The molecular weight excluding hydrogens is 273 g/mol. The van der Waals surface area contributed by atoms with Crippen molar-refractivity contribution < 1.29 is 9.47 Å². The van der Waals surface area contributed by atoms with Crippen LogP contribution in [0, 0.1) is 0 Å². The number of anilines is 1. The number of piperidine rings is 1. The molecule has 0 N–H and O–H groups in total. The molecule has 2 saturated heterocycles.